The summed E-state index contributed by atoms with van der Waals surface area (Å²) >= 11 is 0. The zero-order valence-electron chi connectivity index (χ0n) is 11.6. The third kappa shape index (κ3) is 12.0. The van der Waals surface area contributed by atoms with E-state index in [1.165, 1.54) is 38.6 Å². The van der Waals surface area contributed by atoms with Gasteiger partial charge >= 0.3 is 0 Å². The van der Waals surface area contributed by atoms with Gasteiger partial charge in [0.05, 0.1) is 0 Å². The van der Waals surface area contributed by atoms with Gasteiger partial charge in [-0.15, -0.1) is 0 Å². The summed E-state index contributed by atoms with van der Waals surface area (Å²) in [6, 6.07) is 0. The van der Waals surface area contributed by atoms with E-state index >= 15 is 0 Å². The van der Waals surface area contributed by atoms with Crippen LogP contribution in [-0.2, 0) is 0 Å². The topological polar surface area (TPSA) is 38.0 Å². The van der Waals surface area contributed by atoms with E-state index in [4.69, 9.17) is 5.73 Å². The van der Waals surface area contributed by atoms with E-state index in [-0.39, 0.29) is 0 Å². The molecule has 0 aliphatic carbocycles. The summed E-state index contributed by atoms with van der Waals surface area (Å²) in [6.45, 7) is 10.1. The Morgan fingerprint density at radius 3 is 2.25 bits per heavy atom. The van der Waals surface area contributed by atoms with Gasteiger partial charge in [0.1, 0.15) is 0 Å². The van der Waals surface area contributed by atoms with E-state index in [1.807, 2.05) is 0 Å². The van der Waals surface area contributed by atoms with Crippen molar-refractivity contribution < 1.29 is 0 Å². The quantitative estimate of drug-likeness (QED) is 0.533. The molecule has 0 aliphatic heterocycles. The summed E-state index contributed by atoms with van der Waals surface area (Å²) < 4.78 is 0. The highest BCUT2D eigenvalue weighted by molar-refractivity contribution is 4.58. The first-order valence-corrected chi connectivity index (χ1v) is 7.07. The molecule has 0 aliphatic rings. The molecule has 2 heteroatoms. The van der Waals surface area contributed by atoms with Gasteiger partial charge in [0.15, 0.2) is 0 Å². The summed E-state index contributed by atoms with van der Waals surface area (Å²) in [5, 5.41) is 3.49. The Bertz CT molecular complexity index is 135. The molecule has 16 heavy (non-hydrogen) atoms. The van der Waals surface area contributed by atoms with Crippen LogP contribution in [0.4, 0.5) is 0 Å². The van der Waals surface area contributed by atoms with E-state index in [1.54, 1.807) is 0 Å². The number of rotatable bonds is 11. The Morgan fingerprint density at radius 2 is 1.62 bits per heavy atom. The largest absolute Gasteiger partial charge is 0.330 e. The number of nitrogens with two attached hydrogens (primary N) is 1. The molecule has 0 saturated carbocycles. The molecular formula is C14H32N2. The van der Waals surface area contributed by atoms with Gasteiger partial charge in [0.25, 0.3) is 0 Å². The molecule has 98 valence electrons. The summed E-state index contributed by atoms with van der Waals surface area (Å²) in [5.41, 5.74) is 5.44. The highest BCUT2D eigenvalue weighted by Gasteiger charge is 2.02. The highest BCUT2D eigenvalue weighted by Crippen LogP contribution is 2.14. The fourth-order valence-corrected chi connectivity index (χ4v) is 1.89. The molecule has 0 bridgehead atoms. The van der Waals surface area contributed by atoms with Crippen molar-refractivity contribution >= 4 is 0 Å². The molecule has 0 heterocycles. The van der Waals surface area contributed by atoms with Crippen molar-refractivity contribution in [2.24, 2.45) is 17.6 Å². The van der Waals surface area contributed by atoms with Gasteiger partial charge < -0.3 is 11.1 Å². The van der Waals surface area contributed by atoms with Crippen molar-refractivity contribution in [2.75, 3.05) is 19.6 Å². The molecule has 0 aromatic carbocycles. The van der Waals surface area contributed by atoms with E-state index < -0.39 is 0 Å². The molecule has 0 aromatic rings. The van der Waals surface area contributed by atoms with Gasteiger partial charge in [0, 0.05) is 0 Å². The summed E-state index contributed by atoms with van der Waals surface area (Å²) in [5.74, 6) is 1.74. The first-order valence-electron chi connectivity index (χ1n) is 7.07. The van der Waals surface area contributed by atoms with Crippen LogP contribution in [0, 0.1) is 11.8 Å². The van der Waals surface area contributed by atoms with Crippen LogP contribution in [0.1, 0.15) is 59.3 Å². The lowest BCUT2D eigenvalue weighted by Crippen LogP contribution is -2.19. The summed E-state index contributed by atoms with van der Waals surface area (Å²) in [4.78, 5) is 0. The molecule has 0 aromatic heterocycles. The maximum Gasteiger partial charge on any atom is -0.00464 e. The molecule has 0 spiro atoms. The SMILES string of the molecule is CC(C)CCCC(C)CCNCCCCN. The minimum absolute atomic E-state index is 0.827. The number of hydrogen-bond acceptors (Lipinski definition) is 2. The molecule has 0 rings (SSSR count). The Morgan fingerprint density at radius 1 is 0.875 bits per heavy atom. The van der Waals surface area contributed by atoms with Crippen molar-refractivity contribution in [1.29, 1.82) is 0 Å². The zero-order chi connectivity index (χ0) is 12.2. The Kier molecular flexibility index (Phi) is 11.3. The first-order chi connectivity index (χ1) is 7.66. The van der Waals surface area contributed by atoms with Crippen molar-refractivity contribution in [3.05, 3.63) is 0 Å². The van der Waals surface area contributed by atoms with Crippen LogP contribution >= 0.6 is 0 Å². The predicted molar refractivity (Wildman–Crippen MR) is 73.6 cm³/mol. The van der Waals surface area contributed by atoms with Gasteiger partial charge in [-0.25, -0.2) is 0 Å². The second kappa shape index (κ2) is 11.4. The van der Waals surface area contributed by atoms with Crippen molar-refractivity contribution in [3.8, 4) is 0 Å². The number of hydrogen-bond donors (Lipinski definition) is 2. The standard InChI is InChI=1S/C14H32N2/c1-13(2)7-6-8-14(3)9-12-16-11-5-4-10-15/h13-14,16H,4-12,15H2,1-3H3. The lowest BCUT2D eigenvalue weighted by Gasteiger charge is -2.12. The molecule has 0 fully saturated rings. The fourth-order valence-electron chi connectivity index (χ4n) is 1.89. The Hall–Kier alpha value is -0.0800. The van der Waals surface area contributed by atoms with E-state index in [0.29, 0.717) is 0 Å². The fraction of sp³-hybridized carbons (Fsp3) is 1.00. The van der Waals surface area contributed by atoms with Crippen LogP contribution in [0.15, 0.2) is 0 Å². The molecule has 3 N–H and O–H groups in total. The van der Waals surface area contributed by atoms with Crippen LogP contribution in [0.2, 0.25) is 0 Å². The molecule has 1 atom stereocenters. The number of nitrogens with one attached hydrogen (secondary N) is 1. The molecule has 2 nitrogen and oxygen atoms in total. The highest BCUT2D eigenvalue weighted by atomic mass is 14.8. The van der Waals surface area contributed by atoms with Gasteiger partial charge in [-0.2, -0.15) is 0 Å². The Balaban J connectivity index is 3.14. The lowest BCUT2D eigenvalue weighted by atomic mass is 9.97. The van der Waals surface area contributed by atoms with Gasteiger partial charge in [-0.3, -0.25) is 0 Å². The van der Waals surface area contributed by atoms with Crippen LogP contribution in [-0.4, -0.2) is 19.6 Å². The van der Waals surface area contributed by atoms with E-state index in [2.05, 4.69) is 26.1 Å². The second-order valence-electron chi connectivity index (χ2n) is 5.46. The molecule has 0 saturated heterocycles. The Labute approximate surface area is 102 Å². The van der Waals surface area contributed by atoms with Crippen molar-refractivity contribution in [3.63, 3.8) is 0 Å². The van der Waals surface area contributed by atoms with E-state index in [9.17, 15) is 0 Å². The molecule has 0 radical (unpaired) electrons. The second-order valence-corrected chi connectivity index (χ2v) is 5.46. The zero-order valence-corrected chi connectivity index (χ0v) is 11.6. The van der Waals surface area contributed by atoms with E-state index in [0.717, 1.165) is 31.3 Å². The number of unbranched alkanes of at least 4 members (excludes halogenated alkanes) is 1. The van der Waals surface area contributed by atoms with Crippen molar-refractivity contribution in [1.82, 2.24) is 5.32 Å². The van der Waals surface area contributed by atoms with Crippen LogP contribution in [0.25, 0.3) is 0 Å². The summed E-state index contributed by atoms with van der Waals surface area (Å²) in [7, 11) is 0. The normalized spacial score (nSPS) is 13.3. The summed E-state index contributed by atoms with van der Waals surface area (Å²) in [6.07, 6.45) is 7.86. The minimum atomic E-state index is 0.827. The predicted octanol–water partition coefficient (Wildman–Crippen LogP) is 3.17. The smallest absolute Gasteiger partial charge is 0.00464 e. The third-order valence-corrected chi connectivity index (χ3v) is 3.10. The average molecular weight is 228 g/mol. The van der Waals surface area contributed by atoms with Gasteiger partial charge in [-0.05, 0) is 50.7 Å². The lowest BCUT2D eigenvalue weighted by molar-refractivity contribution is 0.425. The maximum atomic E-state index is 5.44. The van der Waals surface area contributed by atoms with Crippen LogP contribution < -0.4 is 11.1 Å². The van der Waals surface area contributed by atoms with Crippen LogP contribution in [0.5, 0.6) is 0 Å². The molecule has 1 unspecified atom stereocenters. The monoisotopic (exact) mass is 228 g/mol. The molecule has 0 amide bonds. The third-order valence-electron chi connectivity index (χ3n) is 3.10. The first kappa shape index (κ1) is 15.9. The molecular weight excluding hydrogens is 196 g/mol. The van der Waals surface area contributed by atoms with Crippen LogP contribution in [0.3, 0.4) is 0 Å². The van der Waals surface area contributed by atoms with Gasteiger partial charge in [-0.1, -0.05) is 40.0 Å². The maximum absolute atomic E-state index is 5.44. The van der Waals surface area contributed by atoms with Crippen molar-refractivity contribution in [2.45, 2.75) is 59.3 Å². The minimum Gasteiger partial charge on any atom is -0.330 e. The van der Waals surface area contributed by atoms with Gasteiger partial charge in [0.2, 0.25) is 0 Å². The average Bonchev–Trinajstić information content (AvgIpc) is 2.22.